The van der Waals surface area contributed by atoms with Crippen molar-refractivity contribution in [2.45, 2.75) is 38.3 Å². The summed E-state index contributed by atoms with van der Waals surface area (Å²) < 4.78 is 1.83. The SMILES string of the molecule is CC1Cc2ccccc2N1C(=O)CN1CCC(n2cnc(C(N)=O)c2N)CC1. The molecule has 1 saturated heterocycles. The molecule has 4 N–H and O–H groups in total. The van der Waals surface area contributed by atoms with Gasteiger partial charge in [0.25, 0.3) is 5.91 Å². The number of nitrogens with two attached hydrogens (primary N) is 2. The molecule has 0 aliphatic carbocycles. The zero-order valence-electron chi connectivity index (χ0n) is 16.0. The van der Waals surface area contributed by atoms with E-state index in [9.17, 15) is 9.59 Å². The van der Waals surface area contributed by atoms with Gasteiger partial charge in [0, 0.05) is 30.9 Å². The van der Waals surface area contributed by atoms with Gasteiger partial charge in [-0.05, 0) is 37.8 Å². The molecular formula is C20H26N6O2. The van der Waals surface area contributed by atoms with Crippen molar-refractivity contribution in [3.8, 4) is 0 Å². The van der Waals surface area contributed by atoms with Crippen LogP contribution < -0.4 is 16.4 Å². The summed E-state index contributed by atoms with van der Waals surface area (Å²) in [6.45, 7) is 4.10. The first kappa shape index (κ1) is 18.5. The highest BCUT2D eigenvalue weighted by molar-refractivity contribution is 5.97. The summed E-state index contributed by atoms with van der Waals surface area (Å²) in [7, 11) is 0. The highest BCUT2D eigenvalue weighted by Crippen LogP contribution is 2.32. The number of carbonyl (C=O) groups excluding carboxylic acids is 2. The Balaban J connectivity index is 1.37. The van der Waals surface area contributed by atoms with E-state index in [2.05, 4.69) is 22.9 Å². The lowest BCUT2D eigenvalue weighted by Gasteiger charge is -2.34. The Hall–Kier alpha value is -2.87. The molecule has 2 aliphatic rings. The molecule has 28 heavy (non-hydrogen) atoms. The number of para-hydroxylation sites is 1. The van der Waals surface area contributed by atoms with Gasteiger partial charge in [0.15, 0.2) is 5.69 Å². The van der Waals surface area contributed by atoms with Crippen LogP contribution in [-0.2, 0) is 11.2 Å². The number of amides is 2. The van der Waals surface area contributed by atoms with Gasteiger partial charge in [0.1, 0.15) is 5.82 Å². The van der Waals surface area contributed by atoms with Crippen molar-refractivity contribution in [3.05, 3.63) is 41.9 Å². The molecule has 2 aromatic rings. The molecule has 2 amide bonds. The van der Waals surface area contributed by atoms with Crippen molar-refractivity contribution in [2.75, 3.05) is 30.3 Å². The van der Waals surface area contributed by atoms with Gasteiger partial charge in [-0.2, -0.15) is 0 Å². The van der Waals surface area contributed by atoms with Gasteiger partial charge in [-0.3, -0.25) is 14.5 Å². The van der Waals surface area contributed by atoms with E-state index in [4.69, 9.17) is 11.5 Å². The number of rotatable bonds is 4. The van der Waals surface area contributed by atoms with Crippen molar-refractivity contribution >= 4 is 23.3 Å². The van der Waals surface area contributed by atoms with Crippen LogP contribution in [0.3, 0.4) is 0 Å². The molecule has 1 aromatic heterocycles. The number of likely N-dealkylation sites (tertiary alicyclic amines) is 1. The van der Waals surface area contributed by atoms with Crippen LogP contribution in [0.1, 0.15) is 41.9 Å². The lowest BCUT2D eigenvalue weighted by atomic mass is 10.0. The van der Waals surface area contributed by atoms with Crippen LogP contribution in [0.25, 0.3) is 0 Å². The second-order valence-corrected chi connectivity index (χ2v) is 7.70. The van der Waals surface area contributed by atoms with Crippen molar-refractivity contribution < 1.29 is 9.59 Å². The zero-order chi connectivity index (χ0) is 19.8. The van der Waals surface area contributed by atoms with E-state index >= 15 is 0 Å². The average Bonchev–Trinajstić information content (AvgIpc) is 3.21. The van der Waals surface area contributed by atoms with Crippen LogP contribution in [0, 0.1) is 0 Å². The molecule has 0 saturated carbocycles. The number of hydrogen-bond acceptors (Lipinski definition) is 5. The first-order valence-corrected chi connectivity index (χ1v) is 9.70. The number of piperidine rings is 1. The molecule has 148 valence electrons. The predicted octanol–water partition coefficient (Wildman–Crippen LogP) is 1.18. The minimum atomic E-state index is -0.612. The van der Waals surface area contributed by atoms with Gasteiger partial charge in [-0.15, -0.1) is 0 Å². The van der Waals surface area contributed by atoms with E-state index in [0.717, 1.165) is 38.0 Å². The van der Waals surface area contributed by atoms with E-state index in [-0.39, 0.29) is 23.7 Å². The molecule has 3 heterocycles. The minimum absolute atomic E-state index is 0.124. The van der Waals surface area contributed by atoms with E-state index in [0.29, 0.717) is 12.4 Å². The number of imidazole rings is 1. The van der Waals surface area contributed by atoms with E-state index in [1.54, 1.807) is 6.33 Å². The second kappa shape index (κ2) is 7.27. The summed E-state index contributed by atoms with van der Waals surface area (Å²) in [5.74, 6) is -0.141. The Morgan fingerprint density at radius 3 is 2.61 bits per heavy atom. The summed E-state index contributed by atoms with van der Waals surface area (Å²) in [6.07, 6.45) is 4.19. The molecule has 0 radical (unpaired) electrons. The molecule has 1 unspecified atom stereocenters. The number of carbonyl (C=O) groups is 2. The van der Waals surface area contributed by atoms with Gasteiger partial charge >= 0.3 is 0 Å². The fourth-order valence-electron chi connectivity index (χ4n) is 4.42. The smallest absolute Gasteiger partial charge is 0.271 e. The quantitative estimate of drug-likeness (QED) is 0.825. The Bertz CT molecular complexity index is 900. The zero-order valence-corrected chi connectivity index (χ0v) is 16.0. The highest BCUT2D eigenvalue weighted by Gasteiger charge is 2.32. The van der Waals surface area contributed by atoms with Crippen molar-refractivity contribution in [1.29, 1.82) is 0 Å². The highest BCUT2D eigenvalue weighted by atomic mass is 16.2. The third kappa shape index (κ3) is 3.24. The second-order valence-electron chi connectivity index (χ2n) is 7.70. The van der Waals surface area contributed by atoms with Crippen molar-refractivity contribution in [2.24, 2.45) is 5.73 Å². The van der Waals surface area contributed by atoms with E-state index < -0.39 is 5.91 Å². The number of nitrogens with zero attached hydrogens (tertiary/aromatic N) is 4. The van der Waals surface area contributed by atoms with E-state index in [1.807, 2.05) is 27.7 Å². The molecule has 2 aliphatic heterocycles. The molecule has 1 fully saturated rings. The van der Waals surface area contributed by atoms with Crippen LogP contribution in [-0.4, -0.2) is 51.9 Å². The molecule has 8 nitrogen and oxygen atoms in total. The van der Waals surface area contributed by atoms with Crippen LogP contribution in [0.15, 0.2) is 30.6 Å². The molecule has 4 rings (SSSR count). The number of fused-ring (bicyclic) bond motifs is 1. The van der Waals surface area contributed by atoms with Gasteiger partial charge in [0.05, 0.1) is 12.9 Å². The number of nitrogen functional groups attached to an aromatic ring is 1. The van der Waals surface area contributed by atoms with Gasteiger partial charge in [-0.1, -0.05) is 18.2 Å². The molecular weight excluding hydrogens is 356 g/mol. The fourth-order valence-corrected chi connectivity index (χ4v) is 4.42. The number of primary amides is 1. The molecule has 0 spiro atoms. The largest absolute Gasteiger partial charge is 0.383 e. The number of hydrogen-bond donors (Lipinski definition) is 2. The number of benzene rings is 1. The molecule has 1 aromatic carbocycles. The van der Waals surface area contributed by atoms with Crippen LogP contribution in [0.5, 0.6) is 0 Å². The minimum Gasteiger partial charge on any atom is -0.383 e. The molecule has 1 atom stereocenters. The predicted molar refractivity (Wildman–Crippen MR) is 107 cm³/mol. The van der Waals surface area contributed by atoms with Crippen LogP contribution in [0.2, 0.25) is 0 Å². The van der Waals surface area contributed by atoms with Crippen LogP contribution in [0.4, 0.5) is 11.5 Å². The van der Waals surface area contributed by atoms with Crippen molar-refractivity contribution in [3.63, 3.8) is 0 Å². The summed E-state index contributed by atoms with van der Waals surface area (Å²) in [6, 6.07) is 8.49. The normalized spacial score (nSPS) is 20.3. The number of aromatic nitrogens is 2. The van der Waals surface area contributed by atoms with Gasteiger partial charge < -0.3 is 20.9 Å². The molecule has 8 heteroatoms. The number of anilines is 2. The van der Waals surface area contributed by atoms with Gasteiger partial charge in [0.2, 0.25) is 5.91 Å². The standard InChI is InChI=1S/C20H26N6O2/c1-13-10-14-4-2-3-5-16(14)26(13)17(27)11-24-8-6-15(7-9-24)25-12-23-18(19(25)21)20(22)28/h2-5,12-13,15H,6-11,21H2,1H3,(H2,22,28). The Labute approximate surface area is 164 Å². The summed E-state index contributed by atoms with van der Waals surface area (Å²) in [5, 5.41) is 0. The monoisotopic (exact) mass is 382 g/mol. The lowest BCUT2D eigenvalue weighted by molar-refractivity contribution is -0.120. The lowest BCUT2D eigenvalue weighted by Crippen LogP contribution is -2.45. The van der Waals surface area contributed by atoms with E-state index in [1.165, 1.54) is 5.56 Å². The maximum absolute atomic E-state index is 13.0. The van der Waals surface area contributed by atoms with Crippen LogP contribution >= 0.6 is 0 Å². The third-order valence-corrected chi connectivity index (χ3v) is 5.85. The Morgan fingerprint density at radius 2 is 1.93 bits per heavy atom. The first-order chi connectivity index (χ1) is 13.5. The van der Waals surface area contributed by atoms with Crippen molar-refractivity contribution in [1.82, 2.24) is 14.5 Å². The summed E-state index contributed by atoms with van der Waals surface area (Å²) in [5.41, 5.74) is 13.7. The maximum Gasteiger partial charge on any atom is 0.271 e. The first-order valence-electron chi connectivity index (χ1n) is 9.70. The third-order valence-electron chi connectivity index (χ3n) is 5.85. The maximum atomic E-state index is 13.0. The van der Waals surface area contributed by atoms with Gasteiger partial charge in [-0.25, -0.2) is 4.98 Å². The average molecular weight is 382 g/mol. The fraction of sp³-hybridized carbons (Fsp3) is 0.450. The summed E-state index contributed by atoms with van der Waals surface area (Å²) in [4.78, 5) is 32.5. The topological polar surface area (TPSA) is 110 Å². The molecule has 0 bridgehead atoms. The summed E-state index contributed by atoms with van der Waals surface area (Å²) >= 11 is 0. The Kier molecular flexibility index (Phi) is 4.80. The Morgan fingerprint density at radius 1 is 1.21 bits per heavy atom.